The van der Waals surface area contributed by atoms with Crippen molar-refractivity contribution in [3.05, 3.63) is 75.8 Å². The van der Waals surface area contributed by atoms with Gasteiger partial charge in [-0.05, 0) is 50.0 Å². The monoisotopic (exact) mass is 449 g/mol. The number of halogens is 3. The molecule has 0 saturated carbocycles. The van der Waals surface area contributed by atoms with Crippen molar-refractivity contribution >= 4 is 51.8 Å². The lowest BCUT2D eigenvalue weighted by Crippen LogP contribution is -2.41. The molecule has 0 aliphatic carbocycles. The second-order valence-corrected chi connectivity index (χ2v) is 6.80. The van der Waals surface area contributed by atoms with Crippen molar-refractivity contribution in [3.8, 4) is 0 Å². The van der Waals surface area contributed by atoms with Crippen LogP contribution in [0.1, 0.15) is 41.5 Å². The minimum atomic E-state index is -0.696. The number of rotatable bonds is 3. The van der Waals surface area contributed by atoms with Crippen molar-refractivity contribution in [3.63, 3.8) is 0 Å². The molecule has 28 heavy (non-hydrogen) atoms. The Bertz CT molecular complexity index is 737. The maximum atomic E-state index is 10.6. The molecule has 0 aliphatic rings. The number of hydrogen-bond acceptors (Lipinski definition) is 6. The van der Waals surface area contributed by atoms with Gasteiger partial charge in [-0.15, -0.1) is 12.4 Å². The van der Waals surface area contributed by atoms with Gasteiger partial charge in [-0.3, -0.25) is 31.0 Å². The number of benzene rings is 2. The molecule has 0 fully saturated rings. The molecule has 2 aromatic carbocycles. The Morgan fingerprint density at radius 2 is 1.39 bits per heavy atom. The fourth-order valence-corrected chi connectivity index (χ4v) is 1.55. The van der Waals surface area contributed by atoms with Crippen molar-refractivity contribution in [2.75, 3.05) is 0 Å². The molecule has 0 spiro atoms. The van der Waals surface area contributed by atoms with Gasteiger partial charge in [-0.2, -0.15) is 0 Å². The summed E-state index contributed by atoms with van der Waals surface area (Å²) >= 11 is 10.3. The van der Waals surface area contributed by atoms with Crippen LogP contribution in [-0.4, -0.2) is 20.9 Å². The molecule has 0 amide bonds. The van der Waals surface area contributed by atoms with Crippen molar-refractivity contribution < 1.29 is 14.5 Å². The summed E-state index contributed by atoms with van der Waals surface area (Å²) < 4.78 is 0. The average molecular weight is 451 g/mol. The molecule has 7 nitrogen and oxygen atoms in total. The zero-order valence-corrected chi connectivity index (χ0v) is 17.8. The number of carbonyl (C=O) groups excluding carboxylic acids is 2. The van der Waals surface area contributed by atoms with Crippen LogP contribution >= 0.6 is 35.6 Å². The number of nitro groups is 1. The van der Waals surface area contributed by atoms with Crippen LogP contribution in [0.5, 0.6) is 0 Å². The van der Waals surface area contributed by atoms with Gasteiger partial charge in [0.15, 0.2) is 0 Å². The normalized spacial score (nSPS) is 9.50. The van der Waals surface area contributed by atoms with E-state index in [1.54, 1.807) is 24.3 Å². The van der Waals surface area contributed by atoms with E-state index >= 15 is 0 Å². The third-order valence-corrected chi connectivity index (χ3v) is 3.15. The SMILES string of the molecule is CC(C)(C)NN.Cl.O=C(Cl)c1cccc([N+](=O)[O-])c1.O=C(Cl)c1ccccc1. The number of hydrogen-bond donors (Lipinski definition) is 2. The second kappa shape index (κ2) is 14.0. The maximum Gasteiger partial charge on any atom is 0.270 e. The highest BCUT2D eigenvalue weighted by molar-refractivity contribution is 6.68. The Labute approximate surface area is 179 Å². The van der Waals surface area contributed by atoms with E-state index in [9.17, 15) is 19.7 Å². The molecule has 0 unspecified atom stereocenters. The van der Waals surface area contributed by atoms with Gasteiger partial charge in [0.1, 0.15) is 0 Å². The van der Waals surface area contributed by atoms with Gasteiger partial charge >= 0.3 is 0 Å². The second-order valence-electron chi connectivity index (χ2n) is 6.12. The van der Waals surface area contributed by atoms with Gasteiger partial charge in [0.05, 0.1) is 4.92 Å². The molecule has 0 heterocycles. The van der Waals surface area contributed by atoms with E-state index in [0.717, 1.165) is 6.07 Å². The molecule has 0 aromatic heterocycles. The summed E-state index contributed by atoms with van der Waals surface area (Å²) in [5, 5.41) is 9.12. The summed E-state index contributed by atoms with van der Waals surface area (Å²) in [5.74, 6) is 5.06. The van der Waals surface area contributed by atoms with E-state index < -0.39 is 15.4 Å². The summed E-state index contributed by atoms with van der Waals surface area (Å²) in [6.45, 7) is 6.02. The predicted molar refractivity (Wildman–Crippen MR) is 114 cm³/mol. The fraction of sp³-hybridized carbons (Fsp3) is 0.222. The lowest BCUT2D eigenvalue weighted by atomic mass is 10.1. The smallest absolute Gasteiger partial charge is 0.270 e. The molecule has 0 bridgehead atoms. The summed E-state index contributed by atoms with van der Waals surface area (Å²) in [5.41, 5.74) is 3.21. The van der Waals surface area contributed by atoms with Crippen LogP contribution in [0.4, 0.5) is 5.69 Å². The van der Waals surface area contributed by atoms with Gasteiger partial charge in [-0.1, -0.05) is 36.4 Å². The number of nitrogens with two attached hydrogens (primary N) is 1. The third-order valence-electron chi connectivity index (χ3n) is 2.72. The fourth-order valence-electron chi connectivity index (χ4n) is 1.31. The number of hydrazine groups is 1. The molecule has 154 valence electrons. The maximum absolute atomic E-state index is 10.6. The Hall–Kier alpha value is -2.03. The quantitative estimate of drug-likeness (QED) is 0.303. The highest BCUT2D eigenvalue weighted by atomic mass is 35.5. The first-order valence-corrected chi connectivity index (χ1v) is 8.40. The standard InChI is InChI=1S/C7H4ClNO3.C7H5ClO.C4H12N2.ClH/c8-7(10)5-2-1-3-6(4-5)9(11)12;8-7(9)6-4-2-1-3-5-6;1-4(2,3)6-5;/h1-4H;1-5H;6H,5H2,1-3H3;1H. The van der Waals surface area contributed by atoms with E-state index in [-0.39, 0.29) is 29.2 Å². The first kappa shape index (κ1) is 28.2. The molecule has 10 heteroatoms. The lowest BCUT2D eigenvalue weighted by molar-refractivity contribution is -0.384. The first-order valence-electron chi connectivity index (χ1n) is 7.65. The molecule has 3 N–H and O–H groups in total. The minimum absolute atomic E-state index is 0. The van der Waals surface area contributed by atoms with Crippen molar-refractivity contribution in [1.29, 1.82) is 0 Å². The third kappa shape index (κ3) is 13.2. The Kier molecular flexibility index (Phi) is 14.1. The number of nitro benzene ring substituents is 1. The van der Waals surface area contributed by atoms with Gasteiger partial charge in [0.2, 0.25) is 0 Å². The molecule has 0 aliphatic heterocycles. The number of non-ortho nitro benzene ring substituents is 1. The van der Waals surface area contributed by atoms with Crippen molar-refractivity contribution in [2.45, 2.75) is 26.3 Å². The van der Waals surface area contributed by atoms with E-state index in [0.29, 0.717) is 5.56 Å². The van der Waals surface area contributed by atoms with Crippen LogP contribution < -0.4 is 11.3 Å². The van der Waals surface area contributed by atoms with E-state index in [1.165, 1.54) is 18.2 Å². The highest BCUT2D eigenvalue weighted by Gasteiger charge is 2.08. The summed E-state index contributed by atoms with van der Waals surface area (Å²) in [6.07, 6.45) is 0. The van der Waals surface area contributed by atoms with E-state index in [2.05, 4.69) is 5.43 Å². The van der Waals surface area contributed by atoms with Crippen LogP contribution in [0.15, 0.2) is 54.6 Å². The van der Waals surface area contributed by atoms with Crippen molar-refractivity contribution in [1.82, 2.24) is 5.43 Å². The van der Waals surface area contributed by atoms with Crippen LogP contribution in [0, 0.1) is 10.1 Å². The zero-order chi connectivity index (χ0) is 21.0. The molecular formula is C18H22Cl3N3O4. The Morgan fingerprint density at radius 1 is 0.964 bits per heavy atom. The summed E-state index contributed by atoms with van der Waals surface area (Å²) in [6, 6.07) is 14.0. The molecule has 2 rings (SSSR count). The van der Waals surface area contributed by atoms with Gasteiger partial charge < -0.3 is 0 Å². The number of nitrogens with zero attached hydrogens (tertiary/aromatic N) is 1. The van der Waals surface area contributed by atoms with E-state index in [4.69, 9.17) is 29.0 Å². The number of carbonyl (C=O) groups is 2. The first-order chi connectivity index (χ1) is 12.5. The van der Waals surface area contributed by atoms with Crippen LogP contribution in [0.25, 0.3) is 0 Å². The zero-order valence-electron chi connectivity index (χ0n) is 15.5. The average Bonchev–Trinajstić information content (AvgIpc) is 2.63. The van der Waals surface area contributed by atoms with Crippen LogP contribution in [0.3, 0.4) is 0 Å². The van der Waals surface area contributed by atoms with Crippen LogP contribution in [0.2, 0.25) is 0 Å². The highest BCUT2D eigenvalue weighted by Crippen LogP contribution is 2.14. The van der Waals surface area contributed by atoms with Gasteiger partial charge in [0, 0.05) is 28.8 Å². The van der Waals surface area contributed by atoms with Crippen molar-refractivity contribution in [2.24, 2.45) is 5.84 Å². The molecule has 0 atom stereocenters. The minimum Gasteiger partial charge on any atom is -0.276 e. The van der Waals surface area contributed by atoms with Gasteiger partial charge in [0.25, 0.3) is 16.2 Å². The lowest BCUT2D eigenvalue weighted by Gasteiger charge is -2.14. The van der Waals surface area contributed by atoms with E-state index in [1.807, 2.05) is 26.8 Å². The molecule has 0 radical (unpaired) electrons. The Balaban J connectivity index is 0. The largest absolute Gasteiger partial charge is 0.276 e. The number of nitrogens with one attached hydrogen (secondary N) is 1. The Morgan fingerprint density at radius 3 is 1.71 bits per heavy atom. The predicted octanol–water partition coefficient (Wildman–Crippen LogP) is 4.71. The molecule has 0 saturated heterocycles. The molecule has 2 aromatic rings. The topological polar surface area (TPSA) is 115 Å². The van der Waals surface area contributed by atoms with Crippen LogP contribution in [-0.2, 0) is 0 Å². The summed E-state index contributed by atoms with van der Waals surface area (Å²) in [7, 11) is 0. The molecular weight excluding hydrogens is 429 g/mol. The van der Waals surface area contributed by atoms with Gasteiger partial charge in [-0.25, -0.2) is 0 Å². The summed E-state index contributed by atoms with van der Waals surface area (Å²) in [4.78, 5) is 30.6.